The van der Waals surface area contributed by atoms with Crippen molar-refractivity contribution in [2.24, 2.45) is 11.8 Å². The number of hydrogen-bond acceptors (Lipinski definition) is 2. The number of benzene rings is 1. The SMILES string of the molecule is C[C@@H](O)c1ccc(N2CC3CCCC3C2)c(Cl)c1. The molecule has 2 nitrogen and oxygen atoms in total. The molecule has 3 heteroatoms. The molecule has 1 saturated heterocycles. The minimum Gasteiger partial charge on any atom is -0.389 e. The standard InChI is InChI=1S/C15H20ClNO/c1-10(18)11-5-6-15(14(16)7-11)17-8-12-3-2-4-13(12)9-17/h5-7,10,12-13,18H,2-4,8-9H2,1H3/t10-,12?,13?/m1/s1. The quantitative estimate of drug-likeness (QED) is 0.883. The van der Waals surface area contributed by atoms with Gasteiger partial charge in [-0.1, -0.05) is 24.1 Å². The van der Waals surface area contributed by atoms with Crippen molar-refractivity contribution < 1.29 is 5.11 Å². The van der Waals surface area contributed by atoms with Crippen molar-refractivity contribution in [3.63, 3.8) is 0 Å². The van der Waals surface area contributed by atoms with E-state index in [4.69, 9.17) is 11.6 Å². The maximum atomic E-state index is 9.56. The Bertz CT molecular complexity index is 434. The van der Waals surface area contributed by atoms with E-state index in [0.717, 1.165) is 41.2 Å². The third-order valence-electron chi connectivity index (χ3n) is 4.52. The van der Waals surface area contributed by atoms with Crippen LogP contribution in [0.4, 0.5) is 5.69 Å². The zero-order chi connectivity index (χ0) is 12.7. The van der Waals surface area contributed by atoms with Crippen LogP contribution in [0.3, 0.4) is 0 Å². The molecule has 3 rings (SSSR count). The highest BCUT2D eigenvalue weighted by Gasteiger charge is 2.36. The molecule has 1 aromatic carbocycles. The summed E-state index contributed by atoms with van der Waals surface area (Å²) in [6, 6.07) is 5.95. The van der Waals surface area contributed by atoms with E-state index < -0.39 is 6.10 Å². The maximum Gasteiger partial charge on any atom is 0.0762 e. The van der Waals surface area contributed by atoms with Gasteiger partial charge in [0.15, 0.2) is 0 Å². The van der Waals surface area contributed by atoms with Crippen LogP contribution in [-0.2, 0) is 0 Å². The summed E-state index contributed by atoms with van der Waals surface area (Å²) < 4.78 is 0. The van der Waals surface area contributed by atoms with Crippen molar-refractivity contribution in [1.82, 2.24) is 0 Å². The van der Waals surface area contributed by atoms with Gasteiger partial charge in [0.25, 0.3) is 0 Å². The smallest absolute Gasteiger partial charge is 0.0762 e. The van der Waals surface area contributed by atoms with Crippen molar-refractivity contribution in [2.45, 2.75) is 32.3 Å². The second kappa shape index (κ2) is 4.75. The van der Waals surface area contributed by atoms with Crippen molar-refractivity contribution in [3.8, 4) is 0 Å². The van der Waals surface area contributed by atoms with E-state index in [1.165, 1.54) is 19.3 Å². The predicted octanol–water partition coefficient (Wildman–Crippen LogP) is 3.63. The number of rotatable bonds is 2. The van der Waals surface area contributed by atoms with E-state index in [9.17, 15) is 5.11 Å². The van der Waals surface area contributed by atoms with Crippen LogP contribution in [-0.4, -0.2) is 18.2 Å². The number of anilines is 1. The molecule has 1 N–H and O–H groups in total. The summed E-state index contributed by atoms with van der Waals surface area (Å²) in [5.41, 5.74) is 2.03. The van der Waals surface area contributed by atoms with Gasteiger partial charge in [-0.25, -0.2) is 0 Å². The molecule has 18 heavy (non-hydrogen) atoms. The number of aliphatic hydroxyl groups is 1. The van der Waals surface area contributed by atoms with Gasteiger partial charge in [0.05, 0.1) is 16.8 Å². The normalized spacial score (nSPS) is 28.5. The first-order valence-corrected chi connectivity index (χ1v) is 7.25. The van der Waals surface area contributed by atoms with E-state index in [0.29, 0.717) is 0 Å². The van der Waals surface area contributed by atoms with Gasteiger partial charge in [0, 0.05) is 13.1 Å². The monoisotopic (exact) mass is 265 g/mol. The Morgan fingerprint density at radius 1 is 1.28 bits per heavy atom. The first-order chi connectivity index (χ1) is 8.65. The van der Waals surface area contributed by atoms with Crippen molar-refractivity contribution in [3.05, 3.63) is 28.8 Å². The molecule has 0 aromatic heterocycles. The Morgan fingerprint density at radius 2 is 1.94 bits per heavy atom. The first kappa shape index (κ1) is 12.3. The van der Waals surface area contributed by atoms with Crippen LogP contribution >= 0.6 is 11.6 Å². The van der Waals surface area contributed by atoms with Crippen LogP contribution < -0.4 is 4.90 Å². The van der Waals surface area contributed by atoms with Gasteiger partial charge >= 0.3 is 0 Å². The van der Waals surface area contributed by atoms with Crippen LogP contribution in [0, 0.1) is 11.8 Å². The number of aliphatic hydroxyl groups excluding tert-OH is 1. The molecule has 0 bridgehead atoms. The second-order valence-electron chi connectivity index (χ2n) is 5.74. The van der Waals surface area contributed by atoms with Crippen molar-refractivity contribution in [1.29, 1.82) is 0 Å². The Kier molecular flexibility index (Phi) is 3.25. The third kappa shape index (κ3) is 2.12. The van der Waals surface area contributed by atoms with Gasteiger partial charge in [-0.3, -0.25) is 0 Å². The van der Waals surface area contributed by atoms with Gasteiger partial charge in [-0.2, -0.15) is 0 Å². The van der Waals surface area contributed by atoms with Gasteiger partial charge in [0.1, 0.15) is 0 Å². The Hall–Kier alpha value is -0.730. The van der Waals surface area contributed by atoms with Gasteiger partial charge in [-0.15, -0.1) is 0 Å². The summed E-state index contributed by atoms with van der Waals surface area (Å²) in [7, 11) is 0. The molecule has 1 heterocycles. The Balaban J connectivity index is 1.81. The van der Waals surface area contributed by atoms with Gasteiger partial charge in [0.2, 0.25) is 0 Å². The molecular formula is C15H20ClNO. The largest absolute Gasteiger partial charge is 0.389 e. The van der Waals surface area contributed by atoms with Crippen LogP contribution in [0.15, 0.2) is 18.2 Å². The van der Waals surface area contributed by atoms with E-state index in [1.54, 1.807) is 6.92 Å². The molecule has 0 spiro atoms. The molecule has 0 amide bonds. The second-order valence-corrected chi connectivity index (χ2v) is 6.15. The van der Waals surface area contributed by atoms with E-state index in [1.807, 2.05) is 12.1 Å². The molecule has 1 aliphatic carbocycles. The molecule has 1 saturated carbocycles. The molecule has 98 valence electrons. The summed E-state index contributed by atoms with van der Waals surface area (Å²) in [4.78, 5) is 2.42. The highest BCUT2D eigenvalue weighted by Crippen LogP contribution is 2.41. The van der Waals surface area contributed by atoms with Crippen molar-refractivity contribution in [2.75, 3.05) is 18.0 Å². The first-order valence-electron chi connectivity index (χ1n) is 6.87. The molecule has 2 unspecified atom stereocenters. The Labute approximate surface area is 114 Å². The fourth-order valence-corrected chi connectivity index (χ4v) is 3.78. The Morgan fingerprint density at radius 3 is 2.50 bits per heavy atom. The van der Waals surface area contributed by atoms with E-state index in [-0.39, 0.29) is 0 Å². The number of hydrogen-bond donors (Lipinski definition) is 1. The number of halogens is 1. The fourth-order valence-electron chi connectivity index (χ4n) is 3.47. The van der Waals surface area contributed by atoms with Crippen LogP contribution in [0.1, 0.15) is 37.9 Å². The van der Waals surface area contributed by atoms with Crippen molar-refractivity contribution >= 4 is 17.3 Å². The average molecular weight is 266 g/mol. The van der Waals surface area contributed by atoms with Crippen LogP contribution in [0.2, 0.25) is 5.02 Å². The molecule has 0 radical (unpaired) electrons. The molecule has 3 atom stereocenters. The fraction of sp³-hybridized carbons (Fsp3) is 0.600. The minimum absolute atomic E-state index is 0.450. The van der Waals surface area contributed by atoms with E-state index >= 15 is 0 Å². The lowest BCUT2D eigenvalue weighted by Gasteiger charge is -2.21. The maximum absolute atomic E-state index is 9.56. The highest BCUT2D eigenvalue weighted by atomic mass is 35.5. The molecule has 2 fully saturated rings. The van der Waals surface area contributed by atoms with E-state index in [2.05, 4.69) is 11.0 Å². The topological polar surface area (TPSA) is 23.5 Å². The summed E-state index contributed by atoms with van der Waals surface area (Å²) in [5, 5.41) is 10.3. The molecule has 1 aromatic rings. The predicted molar refractivity (Wildman–Crippen MR) is 75.1 cm³/mol. The average Bonchev–Trinajstić information content (AvgIpc) is 2.88. The summed E-state index contributed by atoms with van der Waals surface area (Å²) in [6.45, 7) is 4.07. The van der Waals surface area contributed by atoms with Crippen LogP contribution in [0.25, 0.3) is 0 Å². The molecule has 1 aliphatic heterocycles. The zero-order valence-electron chi connectivity index (χ0n) is 10.8. The summed E-state index contributed by atoms with van der Waals surface area (Å²) >= 11 is 6.36. The molecular weight excluding hydrogens is 246 g/mol. The summed E-state index contributed by atoms with van der Waals surface area (Å²) in [5.74, 6) is 1.75. The minimum atomic E-state index is -0.450. The lowest BCUT2D eigenvalue weighted by molar-refractivity contribution is 0.199. The lowest BCUT2D eigenvalue weighted by atomic mass is 10.0. The lowest BCUT2D eigenvalue weighted by Crippen LogP contribution is -2.21. The molecule has 2 aliphatic rings. The number of nitrogens with zero attached hydrogens (tertiary/aromatic N) is 1. The summed E-state index contributed by atoms with van der Waals surface area (Å²) in [6.07, 6.45) is 3.71. The third-order valence-corrected chi connectivity index (χ3v) is 4.82. The number of fused-ring (bicyclic) bond motifs is 1. The van der Waals surface area contributed by atoms with Crippen LogP contribution in [0.5, 0.6) is 0 Å². The zero-order valence-corrected chi connectivity index (χ0v) is 11.5. The van der Waals surface area contributed by atoms with Gasteiger partial charge in [-0.05, 0) is 49.3 Å². The van der Waals surface area contributed by atoms with Gasteiger partial charge < -0.3 is 10.0 Å². The highest BCUT2D eigenvalue weighted by molar-refractivity contribution is 6.33.